The van der Waals surface area contributed by atoms with Crippen LogP contribution in [0.25, 0.3) is 0 Å². The second kappa shape index (κ2) is 9.40. The highest BCUT2D eigenvalue weighted by Gasteiger charge is 2.38. The summed E-state index contributed by atoms with van der Waals surface area (Å²) in [7, 11) is 0. The molecule has 1 aromatic carbocycles. The fourth-order valence-electron chi connectivity index (χ4n) is 3.70. The number of benzene rings is 1. The van der Waals surface area contributed by atoms with Crippen molar-refractivity contribution in [1.29, 1.82) is 0 Å². The van der Waals surface area contributed by atoms with E-state index >= 15 is 0 Å². The molecule has 27 heavy (non-hydrogen) atoms. The number of hydrogen-bond acceptors (Lipinski definition) is 4. The van der Waals surface area contributed by atoms with E-state index in [1.807, 2.05) is 48.2 Å². The van der Waals surface area contributed by atoms with Gasteiger partial charge >= 0.3 is 0 Å². The van der Waals surface area contributed by atoms with E-state index in [0.29, 0.717) is 18.4 Å². The van der Waals surface area contributed by atoms with Gasteiger partial charge in [0.25, 0.3) is 5.91 Å². The summed E-state index contributed by atoms with van der Waals surface area (Å²) < 4.78 is 5.77. The zero-order valence-electron chi connectivity index (χ0n) is 15.3. The van der Waals surface area contributed by atoms with Crippen molar-refractivity contribution in [2.45, 2.75) is 13.5 Å². The molecule has 2 aliphatic heterocycles. The van der Waals surface area contributed by atoms with E-state index < -0.39 is 0 Å². The van der Waals surface area contributed by atoms with Gasteiger partial charge in [-0.05, 0) is 48.6 Å². The molecule has 3 heterocycles. The third-order valence-electron chi connectivity index (χ3n) is 5.14. The first-order valence-electron chi connectivity index (χ1n) is 8.83. The molecule has 1 N–H and O–H groups in total. The number of aromatic nitrogens is 1. The van der Waals surface area contributed by atoms with E-state index in [0.717, 1.165) is 48.7 Å². The van der Waals surface area contributed by atoms with E-state index in [9.17, 15) is 4.79 Å². The Balaban J connectivity index is 0.00000131. The van der Waals surface area contributed by atoms with Gasteiger partial charge in [0.1, 0.15) is 12.4 Å². The monoisotopic (exact) mass is 409 g/mol. The number of ether oxygens (including phenoxy) is 1. The maximum absolute atomic E-state index is 12.8. The van der Waals surface area contributed by atoms with Crippen LogP contribution in [0.5, 0.6) is 5.75 Å². The second-order valence-corrected chi connectivity index (χ2v) is 7.01. The fraction of sp³-hybridized carbons (Fsp3) is 0.400. The molecule has 7 heteroatoms. The van der Waals surface area contributed by atoms with Gasteiger partial charge < -0.3 is 15.0 Å². The Morgan fingerprint density at radius 1 is 1.19 bits per heavy atom. The molecular formula is C20H25Cl2N3O2. The highest BCUT2D eigenvalue weighted by Crippen LogP contribution is 2.27. The summed E-state index contributed by atoms with van der Waals surface area (Å²) in [6, 6.07) is 11.6. The number of pyridine rings is 1. The maximum atomic E-state index is 12.8. The number of carbonyl (C=O) groups is 1. The molecule has 0 unspecified atom stereocenters. The topological polar surface area (TPSA) is 54.5 Å². The summed E-state index contributed by atoms with van der Waals surface area (Å²) in [5, 5.41) is 3.41. The molecule has 1 amide bonds. The average molecular weight is 410 g/mol. The maximum Gasteiger partial charge on any atom is 0.253 e. The summed E-state index contributed by atoms with van der Waals surface area (Å²) in [5.74, 6) is 2.10. The SMILES string of the molecule is Cc1ccc(OCc2cccc(C(=O)N3C[C@H]4CNC[C@H]4C3)c2)cn1.Cl.Cl. The van der Waals surface area contributed by atoms with E-state index in [-0.39, 0.29) is 30.7 Å². The number of rotatable bonds is 4. The molecule has 0 spiro atoms. The van der Waals surface area contributed by atoms with Crippen LogP contribution in [0.2, 0.25) is 0 Å². The highest BCUT2D eigenvalue weighted by molar-refractivity contribution is 5.94. The molecule has 0 bridgehead atoms. The minimum atomic E-state index is 0. The Bertz CT molecular complexity index is 758. The molecule has 4 rings (SSSR count). The first-order chi connectivity index (χ1) is 12.2. The molecular weight excluding hydrogens is 385 g/mol. The van der Waals surface area contributed by atoms with Crippen LogP contribution in [0, 0.1) is 18.8 Å². The van der Waals surface area contributed by atoms with E-state index in [2.05, 4.69) is 10.3 Å². The van der Waals surface area contributed by atoms with Crippen molar-refractivity contribution < 1.29 is 9.53 Å². The first kappa shape index (κ1) is 21.5. The van der Waals surface area contributed by atoms with Crippen LogP contribution in [0.3, 0.4) is 0 Å². The van der Waals surface area contributed by atoms with Gasteiger partial charge in [-0.15, -0.1) is 24.8 Å². The van der Waals surface area contributed by atoms with Gasteiger partial charge in [0.05, 0.1) is 6.20 Å². The number of likely N-dealkylation sites (tertiary alicyclic amines) is 1. The molecule has 2 saturated heterocycles. The second-order valence-electron chi connectivity index (χ2n) is 7.01. The molecule has 0 radical (unpaired) electrons. The lowest BCUT2D eigenvalue weighted by molar-refractivity contribution is 0.0781. The standard InChI is InChI=1S/C20H23N3O2.2ClH/c1-14-5-6-19(10-22-14)25-13-15-3-2-4-16(7-15)20(24)23-11-17-8-21-9-18(17)12-23;;/h2-7,10,17-18,21H,8-9,11-13H2,1H3;2*1H/t17-,18+;;. The predicted molar refractivity (Wildman–Crippen MR) is 110 cm³/mol. The largest absolute Gasteiger partial charge is 0.487 e. The number of aryl methyl sites for hydroxylation is 1. The Labute approximate surface area is 172 Å². The molecule has 1 aromatic heterocycles. The molecule has 146 valence electrons. The summed E-state index contributed by atoms with van der Waals surface area (Å²) in [4.78, 5) is 19.0. The molecule has 2 aromatic rings. The van der Waals surface area contributed by atoms with Gasteiger partial charge in [-0.3, -0.25) is 9.78 Å². The van der Waals surface area contributed by atoms with Crippen molar-refractivity contribution in [3.63, 3.8) is 0 Å². The normalized spacial score (nSPS) is 20.4. The number of nitrogens with one attached hydrogen (secondary N) is 1. The van der Waals surface area contributed by atoms with Crippen LogP contribution in [-0.4, -0.2) is 42.0 Å². The molecule has 2 aliphatic rings. The Morgan fingerprint density at radius 2 is 1.93 bits per heavy atom. The molecule has 5 nitrogen and oxygen atoms in total. The lowest BCUT2D eigenvalue weighted by Gasteiger charge is -2.18. The zero-order chi connectivity index (χ0) is 17.2. The van der Waals surface area contributed by atoms with Crippen molar-refractivity contribution in [3.05, 3.63) is 59.4 Å². The van der Waals surface area contributed by atoms with Gasteiger partial charge in [0, 0.05) is 37.4 Å². The molecule has 2 fully saturated rings. The molecule has 0 aliphatic carbocycles. The van der Waals surface area contributed by atoms with Gasteiger partial charge in [0.15, 0.2) is 0 Å². The number of hydrogen-bond donors (Lipinski definition) is 1. The quantitative estimate of drug-likeness (QED) is 0.842. The molecule has 2 atom stereocenters. The number of amides is 1. The van der Waals surface area contributed by atoms with Crippen molar-refractivity contribution in [2.75, 3.05) is 26.2 Å². The van der Waals surface area contributed by atoms with Crippen molar-refractivity contribution in [2.24, 2.45) is 11.8 Å². The number of nitrogens with zero attached hydrogens (tertiary/aromatic N) is 2. The minimum absolute atomic E-state index is 0. The lowest BCUT2D eigenvalue weighted by Crippen LogP contribution is -2.31. The van der Waals surface area contributed by atoms with E-state index in [1.54, 1.807) is 6.20 Å². The lowest BCUT2D eigenvalue weighted by atomic mass is 10.0. The summed E-state index contributed by atoms with van der Waals surface area (Å²) >= 11 is 0. The Morgan fingerprint density at radius 3 is 2.59 bits per heavy atom. The van der Waals surface area contributed by atoms with Crippen LogP contribution in [0.15, 0.2) is 42.6 Å². The number of fused-ring (bicyclic) bond motifs is 1. The zero-order valence-corrected chi connectivity index (χ0v) is 16.9. The predicted octanol–water partition coefficient (Wildman–Crippen LogP) is 3.10. The van der Waals surface area contributed by atoms with Gasteiger partial charge in [-0.25, -0.2) is 0 Å². The van der Waals surface area contributed by atoms with Gasteiger partial charge in [-0.2, -0.15) is 0 Å². The highest BCUT2D eigenvalue weighted by atomic mass is 35.5. The van der Waals surface area contributed by atoms with Crippen molar-refractivity contribution in [1.82, 2.24) is 15.2 Å². The first-order valence-corrected chi connectivity index (χ1v) is 8.83. The third-order valence-corrected chi connectivity index (χ3v) is 5.14. The van der Waals surface area contributed by atoms with Crippen LogP contribution in [-0.2, 0) is 6.61 Å². The van der Waals surface area contributed by atoms with Gasteiger partial charge in [-0.1, -0.05) is 12.1 Å². The van der Waals surface area contributed by atoms with Crippen molar-refractivity contribution >= 4 is 30.7 Å². The van der Waals surface area contributed by atoms with Crippen LogP contribution >= 0.6 is 24.8 Å². The third kappa shape index (κ3) is 4.92. The smallest absolute Gasteiger partial charge is 0.253 e. The number of halogens is 2. The van der Waals surface area contributed by atoms with E-state index in [1.165, 1.54) is 0 Å². The van der Waals surface area contributed by atoms with Crippen LogP contribution in [0.4, 0.5) is 0 Å². The fourth-order valence-corrected chi connectivity index (χ4v) is 3.70. The van der Waals surface area contributed by atoms with Gasteiger partial charge in [0.2, 0.25) is 0 Å². The Kier molecular flexibility index (Phi) is 7.48. The summed E-state index contributed by atoms with van der Waals surface area (Å²) in [6.45, 7) is 6.18. The Hall–Kier alpha value is -1.82. The summed E-state index contributed by atoms with van der Waals surface area (Å²) in [5.41, 5.74) is 2.70. The van der Waals surface area contributed by atoms with Crippen molar-refractivity contribution in [3.8, 4) is 5.75 Å². The van der Waals surface area contributed by atoms with Crippen LogP contribution in [0.1, 0.15) is 21.6 Å². The van der Waals surface area contributed by atoms with E-state index in [4.69, 9.17) is 4.74 Å². The summed E-state index contributed by atoms with van der Waals surface area (Å²) in [6.07, 6.45) is 1.72. The average Bonchev–Trinajstić information content (AvgIpc) is 3.23. The van der Waals surface area contributed by atoms with Crippen LogP contribution < -0.4 is 10.1 Å². The number of carbonyl (C=O) groups excluding carboxylic acids is 1. The molecule has 0 saturated carbocycles. The minimum Gasteiger partial charge on any atom is -0.487 e.